The number of carbonyl (C=O) groups excluding carboxylic acids is 2. The van der Waals surface area contributed by atoms with E-state index >= 15 is 0 Å². The third-order valence-electron chi connectivity index (χ3n) is 4.19. The molecule has 5 nitrogen and oxygen atoms in total. The van der Waals surface area contributed by atoms with Gasteiger partial charge in [-0.2, -0.15) is 0 Å². The summed E-state index contributed by atoms with van der Waals surface area (Å²) in [7, 11) is 1.58. The van der Waals surface area contributed by atoms with Gasteiger partial charge in [0.15, 0.2) is 0 Å². The number of amides is 2. The predicted octanol–water partition coefficient (Wildman–Crippen LogP) is 3.47. The number of halogens is 1. The zero-order chi connectivity index (χ0) is 20.1. The second-order valence-electron chi connectivity index (χ2n) is 6.29. The fourth-order valence-corrected chi connectivity index (χ4v) is 3.76. The first-order valence-electron chi connectivity index (χ1n) is 8.76. The summed E-state index contributed by atoms with van der Waals surface area (Å²) in [6.45, 7) is 2.11. The molecule has 7 heteroatoms. The van der Waals surface area contributed by atoms with Crippen molar-refractivity contribution in [3.63, 3.8) is 0 Å². The topological polar surface area (TPSA) is 71.1 Å². The summed E-state index contributed by atoms with van der Waals surface area (Å²) in [4.78, 5) is 29.3. The molecule has 0 saturated carbocycles. The fourth-order valence-electron chi connectivity index (χ4n) is 2.74. The molecule has 0 unspecified atom stereocenters. The molecule has 2 aromatic carbocycles. The molecule has 0 radical (unpaired) electrons. The Bertz CT molecular complexity index is 999. The van der Waals surface area contributed by atoms with E-state index in [0.29, 0.717) is 29.1 Å². The van der Waals surface area contributed by atoms with Crippen LogP contribution >= 0.6 is 11.3 Å². The van der Waals surface area contributed by atoms with E-state index in [0.717, 1.165) is 16.1 Å². The Labute approximate surface area is 166 Å². The predicted molar refractivity (Wildman–Crippen MR) is 107 cm³/mol. The van der Waals surface area contributed by atoms with Crippen molar-refractivity contribution in [2.24, 2.45) is 0 Å². The van der Waals surface area contributed by atoms with Crippen LogP contribution in [0.5, 0.6) is 0 Å². The first-order valence-corrected chi connectivity index (χ1v) is 9.58. The number of thiazole rings is 1. The van der Waals surface area contributed by atoms with Gasteiger partial charge in [-0.25, -0.2) is 9.37 Å². The van der Waals surface area contributed by atoms with Gasteiger partial charge in [-0.3, -0.25) is 9.59 Å². The highest BCUT2D eigenvalue weighted by Crippen LogP contribution is 2.21. The summed E-state index contributed by atoms with van der Waals surface area (Å²) < 4.78 is 13.0. The zero-order valence-electron chi connectivity index (χ0n) is 15.6. The van der Waals surface area contributed by atoms with Crippen LogP contribution in [0.1, 0.15) is 41.9 Å². The minimum Gasteiger partial charge on any atom is -0.355 e. The van der Waals surface area contributed by atoms with Crippen LogP contribution < -0.4 is 10.6 Å². The molecule has 2 N–H and O–H groups in total. The molecule has 2 amide bonds. The van der Waals surface area contributed by atoms with Crippen molar-refractivity contribution in [3.8, 4) is 0 Å². The molecular formula is C21H20FN3O2S. The average molecular weight is 397 g/mol. The van der Waals surface area contributed by atoms with E-state index in [4.69, 9.17) is 0 Å². The molecule has 3 rings (SSSR count). The maximum absolute atomic E-state index is 13.0. The molecule has 3 aromatic rings. The highest BCUT2D eigenvalue weighted by atomic mass is 32.1. The van der Waals surface area contributed by atoms with Gasteiger partial charge in [-0.15, -0.1) is 11.3 Å². The second kappa shape index (κ2) is 8.75. The van der Waals surface area contributed by atoms with Crippen molar-refractivity contribution in [1.29, 1.82) is 0 Å². The van der Waals surface area contributed by atoms with Crippen LogP contribution in [0, 0.1) is 12.7 Å². The lowest BCUT2D eigenvalue weighted by Gasteiger charge is -2.06. The Hall–Kier alpha value is -3.06. The SMILES string of the molecule is CNC(=O)c1cccc(CNC(=O)c2sc(Cc3ccc(F)cc3)nc2C)c1. The summed E-state index contributed by atoms with van der Waals surface area (Å²) in [5.74, 6) is -0.651. The molecular weight excluding hydrogens is 377 g/mol. The van der Waals surface area contributed by atoms with Gasteiger partial charge in [-0.1, -0.05) is 24.3 Å². The second-order valence-corrected chi connectivity index (χ2v) is 7.37. The van der Waals surface area contributed by atoms with Crippen molar-refractivity contribution < 1.29 is 14.0 Å². The molecule has 0 atom stereocenters. The first kappa shape index (κ1) is 19.7. The van der Waals surface area contributed by atoms with Crippen LogP contribution in [-0.2, 0) is 13.0 Å². The lowest BCUT2D eigenvalue weighted by Crippen LogP contribution is -2.23. The van der Waals surface area contributed by atoms with Gasteiger partial charge in [0.2, 0.25) is 0 Å². The monoisotopic (exact) mass is 397 g/mol. The summed E-state index contributed by atoms with van der Waals surface area (Å²) >= 11 is 1.33. The van der Waals surface area contributed by atoms with E-state index in [-0.39, 0.29) is 17.6 Å². The van der Waals surface area contributed by atoms with Crippen LogP contribution in [0.4, 0.5) is 4.39 Å². The van der Waals surface area contributed by atoms with Gasteiger partial charge >= 0.3 is 0 Å². The number of aromatic nitrogens is 1. The number of rotatable bonds is 6. The fraction of sp³-hybridized carbons (Fsp3) is 0.190. The van der Waals surface area contributed by atoms with E-state index in [1.807, 2.05) is 6.07 Å². The Balaban J connectivity index is 1.65. The normalized spacial score (nSPS) is 10.5. The highest BCUT2D eigenvalue weighted by Gasteiger charge is 2.15. The Morgan fingerprint density at radius 2 is 1.82 bits per heavy atom. The molecule has 1 aromatic heterocycles. The lowest BCUT2D eigenvalue weighted by atomic mass is 10.1. The molecule has 0 aliphatic rings. The molecule has 0 saturated heterocycles. The summed E-state index contributed by atoms with van der Waals surface area (Å²) in [6, 6.07) is 13.4. The van der Waals surface area contributed by atoms with Gasteiger partial charge in [0.1, 0.15) is 10.7 Å². The summed E-state index contributed by atoms with van der Waals surface area (Å²) in [5, 5.41) is 6.26. The Kier molecular flexibility index (Phi) is 6.16. The van der Waals surface area contributed by atoms with Crippen molar-refractivity contribution in [1.82, 2.24) is 15.6 Å². The minimum atomic E-state index is -0.278. The largest absolute Gasteiger partial charge is 0.355 e. The van der Waals surface area contributed by atoms with Crippen molar-refractivity contribution in [2.45, 2.75) is 19.9 Å². The Morgan fingerprint density at radius 3 is 2.54 bits per heavy atom. The van der Waals surface area contributed by atoms with Crippen LogP contribution in [-0.4, -0.2) is 23.8 Å². The van der Waals surface area contributed by atoms with Gasteiger partial charge < -0.3 is 10.6 Å². The highest BCUT2D eigenvalue weighted by molar-refractivity contribution is 7.13. The number of nitrogens with one attached hydrogen (secondary N) is 2. The molecule has 0 aliphatic heterocycles. The van der Waals surface area contributed by atoms with Crippen LogP contribution in [0.15, 0.2) is 48.5 Å². The molecule has 0 aliphatic carbocycles. The number of hydrogen-bond acceptors (Lipinski definition) is 4. The zero-order valence-corrected chi connectivity index (χ0v) is 16.4. The van der Waals surface area contributed by atoms with E-state index < -0.39 is 0 Å². The van der Waals surface area contributed by atoms with E-state index in [2.05, 4.69) is 15.6 Å². The number of nitrogens with zero attached hydrogens (tertiary/aromatic N) is 1. The van der Waals surface area contributed by atoms with Crippen molar-refractivity contribution >= 4 is 23.2 Å². The van der Waals surface area contributed by atoms with Gasteiger partial charge in [0, 0.05) is 25.6 Å². The average Bonchev–Trinajstić information content (AvgIpc) is 3.07. The standard InChI is InChI=1S/C21H20FN3O2S/c1-13-19(28-18(25-13)11-14-6-8-17(22)9-7-14)21(27)24-12-15-4-3-5-16(10-15)20(26)23-2/h3-10H,11-12H2,1-2H3,(H,23,26)(H,24,27). The number of hydrogen-bond donors (Lipinski definition) is 2. The molecule has 28 heavy (non-hydrogen) atoms. The summed E-state index contributed by atoms with van der Waals surface area (Å²) in [5.41, 5.74) is 2.99. The van der Waals surface area contributed by atoms with E-state index in [9.17, 15) is 14.0 Å². The first-order chi connectivity index (χ1) is 13.5. The minimum absolute atomic E-state index is 0.170. The van der Waals surface area contributed by atoms with Crippen molar-refractivity contribution in [2.75, 3.05) is 7.05 Å². The maximum atomic E-state index is 13.0. The van der Waals surface area contributed by atoms with Crippen LogP contribution in [0.3, 0.4) is 0 Å². The third kappa shape index (κ3) is 4.80. The number of carbonyl (C=O) groups is 2. The number of aryl methyl sites for hydroxylation is 1. The molecule has 0 spiro atoms. The van der Waals surface area contributed by atoms with Crippen molar-refractivity contribution in [3.05, 3.63) is 86.6 Å². The molecule has 144 valence electrons. The molecule has 0 fully saturated rings. The lowest BCUT2D eigenvalue weighted by molar-refractivity contribution is 0.0951. The smallest absolute Gasteiger partial charge is 0.263 e. The van der Waals surface area contributed by atoms with Gasteiger partial charge in [0.05, 0.1) is 10.7 Å². The van der Waals surface area contributed by atoms with E-state index in [1.54, 1.807) is 44.3 Å². The number of benzene rings is 2. The van der Waals surface area contributed by atoms with Gasteiger partial charge in [0.25, 0.3) is 11.8 Å². The summed E-state index contributed by atoms with van der Waals surface area (Å²) in [6.07, 6.45) is 0.549. The quantitative estimate of drug-likeness (QED) is 0.669. The Morgan fingerprint density at radius 1 is 1.07 bits per heavy atom. The van der Waals surface area contributed by atoms with Gasteiger partial charge in [-0.05, 0) is 42.3 Å². The molecule has 1 heterocycles. The van der Waals surface area contributed by atoms with Crippen LogP contribution in [0.2, 0.25) is 0 Å². The van der Waals surface area contributed by atoms with E-state index in [1.165, 1.54) is 23.5 Å². The van der Waals surface area contributed by atoms with Crippen LogP contribution in [0.25, 0.3) is 0 Å². The molecule has 0 bridgehead atoms. The maximum Gasteiger partial charge on any atom is 0.263 e. The third-order valence-corrected chi connectivity index (χ3v) is 5.34.